The molecule has 1 saturated heterocycles. The van der Waals surface area contributed by atoms with E-state index >= 15 is 0 Å². The minimum atomic E-state index is 0.229. The van der Waals surface area contributed by atoms with Crippen LogP contribution in [0.25, 0.3) is 0 Å². The van der Waals surface area contributed by atoms with Gasteiger partial charge < -0.3 is 9.84 Å². The highest BCUT2D eigenvalue weighted by molar-refractivity contribution is 9.10. The van der Waals surface area contributed by atoms with E-state index in [-0.39, 0.29) is 6.04 Å². The molecule has 0 spiro atoms. The molecule has 0 radical (unpaired) electrons. The van der Waals surface area contributed by atoms with Crippen molar-refractivity contribution in [2.75, 3.05) is 13.2 Å². The molecule has 2 fully saturated rings. The molecule has 1 heterocycles. The number of benzene rings is 1. The summed E-state index contributed by atoms with van der Waals surface area (Å²) in [4.78, 5) is 2.50. The van der Waals surface area contributed by atoms with Gasteiger partial charge in [-0.05, 0) is 44.4 Å². The first kappa shape index (κ1) is 13.4. The Labute approximate surface area is 122 Å². The van der Waals surface area contributed by atoms with Gasteiger partial charge in [0.25, 0.3) is 0 Å². The number of ether oxygens (including phenoxy) is 1. The SMILES string of the molecule is CC(c1cc(Br)ccc1O)N1CCOC2CCCC21. The predicted molar refractivity (Wildman–Crippen MR) is 78.3 cm³/mol. The third kappa shape index (κ3) is 2.54. The van der Waals surface area contributed by atoms with Crippen LogP contribution in [0.5, 0.6) is 5.75 Å². The number of aromatic hydroxyl groups is 1. The van der Waals surface area contributed by atoms with Crippen molar-refractivity contribution < 1.29 is 9.84 Å². The fourth-order valence-electron chi connectivity index (χ4n) is 3.48. The van der Waals surface area contributed by atoms with Crippen molar-refractivity contribution in [3.8, 4) is 5.75 Å². The zero-order chi connectivity index (χ0) is 13.4. The lowest BCUT2D eigenvalue weighted by Gasteiger charge is -2.41. The molecule has 0 aromatic heterocycles. The Kier molecular flexibility index (Phi) is 3.83. The molecule has 3 atom stereocenters. The Morgan fingerprint density at radius 2 is 2.26 bits per heavy atom. The number of nitrogens with zero attached hydrogens (tertiary/aromatic N) is 1. The van der Waals surface area contributed by atoms with E-state index in [0.717, 1.165) is 23.2 Å². The number of phenols is 1. The van der Waals surface area contributed by atoms with Gasteiger partial charge in [-0.25, -0.2) is 0 Å². The molecule has 1 aliphatic carbocycles. The van der Waals surface area contributed by atoms with Crippen LogP contribution in [0.4, 0.5) is 0 Å². The van der Waals surface area contributed by atoms with E-state index in [2.05, 4.69) is 27.8 Å². The minimum Gasteiger partial charge on any atom is -0.508 e. The van der Waals surface area contributed by atoms with Gasteiger partial charge in [0, 0.05) is 28.7 Å². The largest absolute Gasteiger partial charge is 0.508 e. The van der Waals surface area contributed by atoms with Crippen molar-refractivity contribution in [2.45, 2.75) is 44.4 Å². The molecule has 0 amide bonds. The van der Waals surface area contributed by atoms with Crippen molar-refractivity contribution >= 4 is 15.9 Å². The molecule has 1 aromatic carbocycles. The maximum Gasteiger partial charge on any atom is 0.120 e. The summed E-state index contributed by atoms with van der Waals surface area (Å²) in [6.45, 7) is 3.94. The summed E-state index contributed by atoms with van der Waals surface area (Å²) in [5, 5.41) is 10.1. The third-order valence-corrected chi connectivity index (χ3v) is 4.96. The van der Waals surface area contributed by atoms with Gasteiger partial charge in [-0.15, -0.1) is 0 Å². The van der Waals surface area contributed by atoms with E-state index in [1.54, 1.807) is 6.07 Å². The van der Waals surface area contributed by atoms with Crippen LogP contribution in [-0.4, -0.2) is 35.3 Å². The van der Waals surface area contributed by atoms with Gasteiger partial charge >= 0.3 is 0 Å². The van der Waals surface area contributed by atoms with E-state index in [0.29, 0.717) is 17.9 Å². The average Bonchev–Trinajstić information content (AvgIpc) is 2.89. The van der Waals surface area contributed by atoms with E-state index < -0.39 is 0 Å². The van der Waals surface area contributed by atoms with Crippen LogP contribution < -0.4 is 0 Å². The van der Waals surface area contributed by atoms with Gasteiger partial charge in [-0.2, -0.15) is 0 Å². The second-order valence-corrected chi connectivity index (χ2v) is 6.44. The Morgan fingerprint density at radius 1 is 1.42 bits per heavy atom. The number of morpholine rings is 1. The molecule has 1 aromatic rings. The summed E-state index contributed by atoms with van der Waals surface area (Å²) in [6, 6.07) is 6.42. The molecule has 1 aliphatic heterocycles. The van der Waals surface area contributed by atoms with Crippen LogP contribution in [0.15, 0.2) is 22.7 Å². The third-order valence-electron chi connectivity index (χ3n) is 4.46. The van der Waals surface area contributed by atoms with Crippen LogP contribution in [-0.2, 0) is 4.74 Å². The first-order valence-electron chi connectivity index (χ1n) is 7.02. The number of rotatable bonds is 2. The Bertz CT molecular complexity index is 465. The maximum absolute atomic E-state index is 10.1. The average molecular weight is 326 g/mol. The molecule has 3 rings (SSSR count). The molecule has 4 heteroatoms. The normalized spacial score (nSPS) is 29.2. The molecular formula is C15H20BrNO2. The number of fused-ring (bicyclic) bond motifs is 1. The van der Waals surface area contributed by atoms with Crippen LogP contribution in [0, 0.1) is 0 Å². The van der Waals surface area contributed by atoms with Crippen LogP contribution in [0.3, 0.4) is 0 Å². The molecule has 1 saturated carbocycles. The smallest absolute Gasteiger partial charge is 0.120 e. The predicted octanol–water partition coefficient (Wildman–Crippen LogP) is 3.47. The monoisotopic (exact) mass is 325 g/mol. The second-order valence-electron chi connectivity index (χ2n) is 5.52. The molecule has 2 aliphatic rings. The summed E-state index contributed by atoms with van der Waals surface area (Å²) in [6.07, 6.45) is 4.04. The fourth-order valence-corrected chi connectivity index (χ4v) is 3.85. The number of halogens is 1. The van der Waals surface area contributed by atoms with Gasteiger partial charge in [-0.3, -0.25) is 4.90 Å². The van der Waals surface area contributed by atoms with Crippen LogP contribution in [0.1, 0.15) is 37.8 Å². The standard InChI is InChI=1S/C15H20BrNO2/c1-10(12-9-11(16)5-6-14(12)18)17-7-8-19-15-4-2-3-13(15)17/h5-6,9-10,13,15,18H,2-4,7-8H2,1H3. The van der Waals surface area contributed by atoms with Crippen LogP contribution in [0.2, 0.25) is 0 Å². The van der Waals surface area contributed by atoms with Gasteiger partial charge in [0.05, 0.1) is 12.7 Å². The minimum absolute atomic E-state index is 0.229. The molecule has 0 bridgehead atoms. The lowest BCUT2D eigenvalue weighted by Crippen LogP contribution is -2.49. The zero-order valence-electron chi connectivity index (χ0n) is 11.2. The van der Waals surface area contributed by atoms with Crippen molar-refractivity contribution in [2.24, 2.45) is 0 Å². The lowest BCUT2D eigenvalue weighted by molar-refractivity contribution is -0.0700. The first-order valence-corrected chi connectivity index (χ1v) is 7.82. The van der Waals surface area contributed by atoms with E-state index in [4.69, 9.17) is 4.74 Å². The Hall–Kier alpha value is -0.580. The molecular weight excluding hydrogens is 306 g/mol. The van der Waals surface area contributed by atoms with Gasteiger partial charge in [0.15, 0.2) is 0 Å². The number of hydrogen-bond acceptors (Lipinski definition) is 3. The van der Waals surface area contributed by atoms with E-state index in [1.165, 1.54) is 19.3 Å². The van der Waals surface area contributed by atoms with Crippen molar-refractivity contribution in [1.82, 2.24) is 4.90 Å². The molecule has 19 heavy (non-hydrogen) atoms. The van der Waals surface area contributed by atoms with Gasteiger partial charge in [0.1, 0.15) is 5.75 Å². The lowest BCUT2D eigenvalue weighted by atomic mass is 10.0. The highest BCUT2D eigenvalue weighted by atomic mass is 79.9. The van der Waals surface area contributed by atoms with Crippen molar-refractivity contribution in [1.29, 1.82) is 0 Å². The highest BCUT2D eigenvalue weighted by Crippen LogP contribution is 2.38. The highest BCUT2D eigenvalue weighted by Gasteiger charge is 2.38. The zero-order valence-corrected chi connectivity index (χ0v) is 12.8. The quantitative estimate of drug-likeness (QED) is 0.903. The summed E-state index contributed by atoms with van der Waals surface area (Å²) in [5.74, 6) is 0.386. The summed E-state index contributed by atoms with van der Waals surface area (Å²) in [7, 11) is 0. The second kappa shape index (κ2) is 5.43. The number of phenolic OH excluding ortho intramolecular Hbond substituents is 1. The van der Waals surface area contributed by atoms with E-state index in [1.807, 2.05) is 12.1 Å². The van der Waals surface area contributed by atoms with Crippen LogP contribution >= 0.6 is 15.9 Å². The maximum atomic E-state index is 10.1. The summed E-state index contributed by atoms with van der Waals surface area (Å²) < 4.78 is 6.88. The van der Waals surface area contributed by atoms with E-state index in [9.17, 15) is 5.11 Å². The van der Waals surface area contributed by atoms with Gasteiger partial charge in [0.2, 0.25) is 0 Å². The fraction of sp³-hybridized carbons (Fsp3) is 0.600. The van der Waals surface area contributed by atoms with Crippen molar-refractivity contribution in [3.63, 3.8) is 0 Å². The van der Waals surface area contributed by atoms with Gasteiger partial charge in [-0.1, -0.05) is 15.9 Å². The Morgan fingerprint density at radius 3 is 3.11 bits per heavy atom. The number of hydrogen-bond donors (Lipinski definition) is 1. The van der Waals surface area contributed by atoms with Crippen molar-refractivity contribution in [3.05, 3.63) is 28.2 Å². The topological polar surface area (TPSA) is 32.7 Å². The molecule has 104 valence electrons. The molecule has 3 nitrogen and oxygen atoms in total. The Balaban J connectivity index is 1.86. The summed E-state index contributed by atoms with van der Waals surface area (Å²) in [5.41, 5.74) is 1.00. The first-order chi connectivity index (χ1) is 9.16. The molecule has 3 unspecified atom stereocenters. The summed E-state index contributed by atoms with van der Waals surface area (Å²) >= 11 is 3.49. The molecule has 1 N–H and O–H groups in total.